The van der Waals surface area contributed by atoms with Crippen LogP contribution in [0.15, 0.2) is 0 Å². The first-order chi connectivity index (χ1) is 8.29. The molecule has 5 heteroatoms. The average molecular weight is 251 g/mol. The number of hydrogen-bond acceptors (Lipinski definition) is 4. The Balaban J connectivity index is 2.20. The second-order valence-electron chi connectivity index (χ2n) is 5.55. The molecule has 1 saturated carbocycles. The summed E-state index contributed by atoms with van der Waals surface area (Å²) in [5.74, 6) is 0.810. The molecule has 5 nitrogen and oxygen atoms in total. The number of alkyl carbamates (subject to hydrolysis) is 1. The van der Waals surface area contributed by atoms with E-state index in [1.54, 1.807) is 0 Å². The van der Waals surface area contributed by atoms with E-state index >= 15 is 0 Å². The van der Waals surface area contributed by atoms with Crippen LogP contribution in [-0.2, 0) is 14.3 Å². The summed E-state index contributed by atoms with van der Waals surface area (Å²) in [4.78, 5) is 23.5. The maximum atomic E-state index is 11.9. The van der Waals surface area contributed by atoms with Crippen LogP contribution in [0.3, 0.4) is 0 Å². The molecule has 0 radical (unpaired) electrons. The van der Waals surface area contributed by atoms with Crippen molar-refractivity contribution in [3.05, 3.63) is 0 Å². The van der Waals surface area contributed by atoms with Crippen LogP contribution in [0, 0.1) is 23.2 Å². The summed E-state index contributed by atoms with van der Waals surface area (Å²) in [5, 5.41) is 2.41. The monoisotopic (exact) mass is 251 g/mol. The van der Waals surface area contributed by atoms with Crippen molar-refractivity contribution in [2.45, 2.75) is 39.4 Å². The highest BCUT2D eigenvalue weighted by Gasteiger charge is 2.75. The number of fused-ring (bicyclic) bond motifs is 2. The molecule has 0 aromatic rings. The van der Waals surface area contributed by atoms with Crippen molar-refractivity contribution in [3.8, 4) is 12.3 Å². The summed E-state index contributed by atoms with van der Waals surface area (Å²) < 4.78 is 10.7. The fourth-order valence-corrected chi connectivity index (χ4v) is 2.77. The minimum atomic E-state index is -1.17. The summed E-state index contributed by atoms with van der Waals surface area (Å²) in [6.07, 6.45) is 5.57. The molecule has 2 fully saturated rings. The lowest BCUT2D eigenvalue weighted by Gasteiger charge is -2.35. The summed E-state index contributed by atoms with van der Waals surface area (Å²) in [6.45, 7) is 5.71. The fourth-order valence-electron chi connectivity index (χ4n) is 2.77. The molecule has 2 rings (SSSR count). The Kier molecular flexibility index (Phi) is 2.58. The number of amides is 1. The maximum absolute atomic E-state index is 11.9. The van der Waals surface area contributed by atoms with E-state index in [0.717, 1.165) is 0 Å². The van der Waals surface area contributed by atoms with Gasteiger partial charge in [-0.25, -0.2) is 4.79 Å². The molecular formula is C13H17NO4. The third kappa shape index (κ3) is 1.35. The minimum absolute atomic E-state index is 0.0839. The van der Waals surface area contributed by atoms with Crippen LogP contribution in [0.4, 0.5) is 4.79 Å². The van der Waals surface area contributed by atoms with E-state index in [1.165, 1.54) is 0 Å². The van der Waals surface area contributed by atoms with Crippen LogP contribution in [0.5, 0.6) is 0 Å². The third-order valence-electron chi connectivity index (χ3n) is 4.59. The van der Waals surface area contributed by atoms with E-state index in [0.29, 0.717) is 12.8 Å². The van der Waals surface area contributed by atoms with Gasteiger partial charge in [0.05, 0.1) is 17.4 Å². The quantitative estimate of drug-likeness (QED) is 0.595. The smallest absolute Gasteiger partial charge is 0.411 e. The van der Waals surface area contributed by atoms with Crippen LogP contribution in [0.1, 0.15) is 33.6 Å². The van der Waals surface area contributed by atoms with Crippen LogP contribution in [-0.4, -0.2) is 24.4 Å². The second-order valence-corrected chi connectivity index (χ2v) is 5.55. The summed E-state index contributed by atoms with van der Waals surface area (Å²) >= 11 is 0. The first-order valence-corrected chi connectivity index (χ1v) is 5.93. The van der Waals surface area contributed by atoms with Crippen molar-refractivity contribution in [1.29, 1.82) is 0 Å². The van der Waals surface area contributed by atoms with Crippen molar-refractivity contribution in [3.63, 3.8) is 0 Å². The predicted octanol–water partition coefficient (Wildman–Crippen LogP) is 1.43. The molecule has 2 bridgehead atoms. The Labute approximate surface area is 106 Å². The zero-order valence-corrected chi connectivity index (χ0v) is 10.8. The van der Waals surface area contributed by atoms with Crippen molar-refractivity contribution in [2.75, 3.05) is 6.54 Å². The zero-order valence-electron chi connectivity index (χ0n) is 10.8. The van der Waals surface area contributed by atoms with Crippen molar-refractivity contribution in [1.82, 2.24) is 5.32 Å². The second kappa shape index (κ2) is 3.64. The van der Waals surface area contributed by atoms with Crippen LogP contribution in [0.25, 0.3) is 0 Å². The minimum Gasteiger partial charge on any atom is -0.421 e. The van der Waals surface area contributed by atoms with Crippen molar-refractivity contribution in [2.24, 2.45) is 10.8 Å². The van der Waals surface area contributed by atoms with Gasteiger partial charge in [0.15, 0.2) is 0 Å². The molecule has 2 atom stereocenters. The van der Waals surface area contributed by atoms with E-state index in [-0.39, 0.29) is 12.5 Å². The SMILES string of the molecule is C#CCNC(=O)O[C@@]12CC[C@](C)(C(=O)O1)C2(C)C. The molecule has 1 N–H and O–H groups in total. The topological polar surface area (TPSA) is 64.6 Å². The van der Waals surface area contributed by atoms with Gasteiger partial charge < -0.3 is 14.8 Å². The predicted molar refractivity (Wildman–Crippen MR) is 63.3 cm³/mol. The Morgan fingerprint density at radius 2 is 2.17 bits per heavy atom. The molecule has 1 aliphatic heterocycles. The molecule has 0 spiro atoms. The number of hydrogen-bond donors (Lipinski definition) is 1. The average Bonchev–Trinajstić information content (AvgIpc) is 2.56. The van der Waals surface area contributed by atoms with Gasteiger partial charge >= 0.3 is 12.1 Å². The molecule has 18 heavy (non-hydrogen) atoms. The number of carbonyl (C=O) groups excluding carboxylic acids is 2. The molecule has 0 aromatic carbocycles. The molecule has 1 heterocycles. The van der Waals surface area contributed by atoms with Gasteiger partial charge in [0.1, 0.15) is 0 Å². The first-order valence-electron chi connectivity index (χ1n) is 5.93. The molecule has 0 unspecified atom stereocenters. The lowest BCUT2D eigenvalue weighted by molar-refractivity contribution is -0.215. The highest BCUT2D eigenvalue weighted by atomic mass is 16.7. The van der Waals surface area contributed by atoms with Gasteiger partial charge in [0, 0.05) is 6.42 Å². The Morgan fingerprint density at radius 3 is 2.61 bits per heavy atom. The van der Waals surface area contributed by atoms with Gasteiger partial charge in [-0.05, 0) is 13.3 Å². The number of nitrogens with one attached hydrogen (secondary N) is 1. The van der Waals surface area contributed by atoms with Crippen molar-refractivity contribution < 1.29 is 19.1 Å². The Hall–Kier alpha value is -1.70. The van der Waals surface area contributed by atoms with Gasteiger partial charge in [0.25, 0.3) is 5.79 Å². The Bertz CT molecular complexity index is 450. The highest BCUT2D eigenvalue weighted by molar-refractivity contribution is 5.82. The molecular weight excluding hydrogens is 234 g/mol. The standard InChI is InChI=1S/C13H17NO4/c1-5-8-14-10(16)18-13-7-6-12(4,9(15)17-13)11(13,2)3/h1H,6-8H2,2-4H3,(H,14,16)/t12-,13-/m1/s1. The zero-order chi connectivity index (χ0) is 13.6. The normalized spacial score (nSPS) is 35.8. The molecule has 98 valence electrons. The molecule has 1 aliphatic carbocycles. The molecule has 0 aromatic heterocycles. The van der Waals surface area contributed by atoms with E-state index < -0.39 is 22.7 Å². The van der Waals surface area contributed by atoms with Crippen LogP contribution in [0.2, 0.25) is 0 Å². The largest absolute Gasteiger partial charge is 0.421 e. The molecule has 2 aliphatic rings. The van der Waals surface area contributed by atoms with E-state index in [4.69, 9.17) is 15.9 Å². The van der Waals surface area contributed by atoms with Gasteiger partial charge in [-0.1, -0.05) is 19.8 Å². The molecule has 1 saturated heterocycles. The number of carbonyl (C=O) groups is 2. The molecule has 1 amide bonds. The number of esters is 1. The lowest BCUT2D eigenvalue weighted by atomic mass is 9.69. The summed E-state index contributed by atoms with van der Waals surface area (Å²) in [6, 6.07) is 0. The first kappa shape index (κ1) is 12.7. The third-order valence-corrected chi connectivity index (χ3v) is 4.59. The van der Waals surface area contributed by atoms with Crippen LogP contribution >= 0.6 is 0 Å². The van der Waals surface area contributed by atoms with Gasteiger partial charge in [-0.15, -0.1) is 6.42 Å². The van der Waals surface area contributed by atoms with E-state index in [1.807, 2.05) is 20.8 Å². The summed E-state index contributed by atoms with van der Waals surface area (Å²) in [7, 11) is 0. The van der Waals surface area contributed by atoms with Gasteiger partial charge in [0.2, 0.25) is 0 Å². The maximum Gasteiger partial charge on any atom is 0.411 e. The number of ether oxygens (including phenoxy) is 2. The van der Waals surface area contributed by atoms with Crippen molar-refractivity contribution >= 4 is 12.1 Å². The van der Waals surface area contributed by atoms with E-state index in [9.17, 15) is 9.59 Å². The Morgan fingerprint density at radius 1 is 1.50 bits per heavy atom. The number of terminal acetylenes is 1. The highest BCUT2D eigenvalue weighted by Crippen LogP contribution is 2.65. The number of rotatable bonds is 2. The summed E-state index contributed by atoms with van der Waals surface area (Å²) in [5.41, 5.74) is -1.15. The van der Waals surface area contributed by atoms with Crippen LogP contribution < -0.4 is 5.32 Å². The van der Waals surface area contributed by atoms with Gasteiger partial charge in [-0.3, -0.25) is 4.79 Å². The lowest BCUT2D eigenvalue weighted by Crippen LogP contribution is -2.47. The van der Waals surface area contributed by atoms with E-state index in [2.05, 4.69) is 11.2 Å². The fraction of sp³-hybridized carbons (Fsp3) is 0.692. The van der Waals surface area contributed by atoms with Gasteiger partial charge in [-0.2, -0.15) is 0 Å².